The van der Waals surface area contributed by atoms with E-state index in [0.29, 0.717) is 37.6 Å². The molecular weight excluding hydrogens is 312 g/mol. The fourth-order valence-electron chi connectivity index (χ4n) is 2.16. The molecule has 6 heteroatoms. The third kappa shape index (κ3) is 6.24. The molecule has 0 saturated carbocycles. The van der Waals surface area contributed by atoms with Gasteiger partial charge >= 0.3 is 0 Å². The molecule has 0 bridgehead atoms. The highest BCUT2D eigenvalue weighted by Gasteiger charge is 2.02. The van der Waals surface area contributed by atoms with Crippen molar-refractivity contribution < 1.29 is 13.5 Å². The van der Waals surface area contributed by atoms with Gasteiger partial charge in [-0.1, -0.05) is 18.2 Å². The second-order valence-electron chi connectivity index (χ2n) is 5.11. The molecule has 2 N–H and O–H groups in total. The van der Waals surface area contributed by atoms with Crippen LogP contribution in [0.1, 0.15) is 5.56 Å². The van der Waals surface area contributed by atoms with Crippen LogP contribution in [-0.4, -0.2) is 32.7 Å². The number of rotatable bonds is 7. The van der Waals surface area contributed by atoms with Crippen molar-refractivity contribution in [3.63, 3.8) is 0 Å². The van der Waals surface area contributed by atoms with Crippen molar-refractivity contribution in [2.24, 2.45) is 4.99 Å². The van der Waals surface area contributed by atoms with E-state index in [0.717, 1.165) is 11.8 Å². The van der Waals surface area contributed by atoms with Crippen molar-refractivity contribution in [1.29, 1.82) is 0 Å². The minimum Gasteiger partial charge on any atom is -0.492 e. The van der Waals surface area contributed by atoms with Gasteiger partial charge in [0.05, 0.1) is 6.54 Å². The highest BCUT2D eigenvalue weighted by atomic mass is 19.1. The third-order valence-electron chi connectivity index (χ3n) is 3.26. The van der Waals surface area contributed by atoms with Crippen molar-refractivity contribution in [2.75, 3.05) is 26.7 Å². The summed E-state index contributed by atoms with van der Waals surface area (Å²) in [5.41, 5.74) is 0.600. The topological polar surface area (TPSA) is 45.7 Å². The van der Waals surface area contributed by atoms with E-state index in [4.69, 9.17) is 4.74 Å². The summed E-state index contributed by atoms with van der Waals surface area (Å²) >= 11 is 0. The van der Waals surface area contributed by atoms with Crippen LogP contribution in [-0.2, 0) is 6.42 Å². The quantitative estimate of drug-likeness (QED) is 0.465. The van der Waals surface area contributed by atoms with Crippen molar-refractivity contribution in [3.8, 4) is 5.75 Å². The molecule has 128 valence electrons. The lowest BCUT2D eigenvalue weighted by atomic mass is 10.1. The van der Waals surface area contributed by atoms with Gasteiger partial charge in [-0.25, -0.2) is 8.78 Å². The Balaban J connectivity index is 1.67. The molecule has 4 nitrogen and oxygen atoms in total. The van der Waals surface area contributed by atoms with Gasteiger partial charge in [-0.15, -0.1) is 0 Å². The molecule has 0 saturated heterocycles. The molecule has 0 aliphatic carbocycles. The second kappa shape index (κ2) is 9.50. The first-order chi connectivity index (χ1) is 11.7. The van der Waals surface area contributed by atoms with Crippen LogP contribution in [0.5, 0.6) is 5.75 Å². The van der Waals surface area contributed by atoms with Gasteiger partial charge in [0.1, 0.15) is 24.0 Å². The summed E-state index contributed by atoms with van der Waals surface area (Å²) in [6.07, 6.45) is 0.496. The Bertz CT molecular complexity index is 642. The molecule has 0 atom stereocenters. The molecule has 0 spiro atoms. The first-order valence-corrected chi connectivity index (χ1v) is 7.74. The molecule has 0 aliphatic rings. The number of nitrogens with one attached hydrogen (secondary N) is 2. The molecule has 0 heterocycles. The van der Waals surface area contributed by atoms with Gasteiger partial charge in [0, 0.05) is 19.7 Å². The molecule has 0 fully saturated rings. The number of benzene rings is 2. The number of aliphatic imine (C=N–C) groups is 1. The summed E-state index contributed by atoms with van der Waals surface area (Å²) in [4.78, 5) is 4.09. The Labute approximate surface area is 140 Å². The van der Waals surface area contributed by atoms with Gasteiger partial charge in [0.25, 0.3) is 0 Å². The van der Waals surface area contributed by atoms with Crippen molar-refractivity contribution in [1.82, 2.24) is 10.6 Å². The maximum atomic E-state index is 13.1. The van der Waals surface area contributed by atoms with E-state index in [1.165, 1.54) is 12.1 Å². The normalized spacial score (nSPS) is 11.2. The van der Waals surface area contributed by atoms with E-state index in [-0.39, 0.29) is 0 Å². The molecule has 0 aliphatic heterocycles. The molecule has 24 heavy (non-hydrogen) atoms. The zero-order valence-corrected chi connectivity index (χ0v) is 13.6. The zero-order valence-electron chi connectivity index (χ0n) is 13.6. The van der Waals surface area contributed by atoms with Crippen LogP contribution >= 0.6 is 0 Å². The fourth-order valence-corrected chi connectivity index (χ4v) is 2.16. The first kappa shape index (κ1) is 17.7. The SMILES string of the molecule is CN=C(NCCOc1ccccc1)NCCc1cc(F)cc(F)c1. The second-order valence-corrected chi connectivity index (χ2v) is 5.11. The van der Waals surface area contributed by atoms with E-state index in [1.54, 1.807) is 7.05 Å². The van der Waals surface area contributed by atoms with Crippen LogP contribution in [0.25, 0.3) is 0 Å². The fraction of sp³-hybridized carbons (Fsp3) is 0.278. The lowest BCUT2D eigenvalue weighted by molar-refractivity contribution is 0.322. The number of ether oxygens (including phenoxy) is 1. The highest BCUT2D eigenvalue weighted by molar-refractivity contribution is 5.79. The minimum atomic E-state index is -0.564. The first-order valence-electron chi connectivity index (χ1n) is 7.74. The number of guanidine groups is 1. The summed E-state index contributed by atoms with van der Waals surface area (Å²) in [5.74, 6) is 0.301. The molecule has 0 amide bonds. The van der Waals surface area contributed by atoms with E-state index >= 15 is 0 Å². The van der Waals surface area contributed by atoms with E-state index < -0.39 is 11.6 Å². The van der Waals surface area contributed by atoms with Crippen molar-refractivity contribution in [3.05, 3.63) is 65.7 Å². The number of hydrogen-bond acceptors (Lipinski definition) is 2. The Morgan fingerprint density at radius 1 is 1.00 bits per heavy atom. The largest absolute Gasteiger partial charge is 0.492 e. The maximum Gasteiger partial charge on any atom is 0.191 e. The molecule has 2 aromatic rings. The average Bonchev–Trinajstić information content (AvgIpc) is 2.57. The van der Waals surface area contributed by atoms with Gasteiger partial charge in [0.15, 0.2) is 5.96 Å². The Hall–Kier alpha value is -2.63. The molecule has 2 aromatic carbocycles. The number of hydrogen-bond donors (Lipinski definition) is 2. The van der Waals surface area contributed by atoms with Crippen LogP contribution in [0.3, 0.4) is 0 Å². The summed E-state index contributed by atoms with van der Waals surface area (Å²) in [5, 5.41) is 6.21. The Morgan fingerprint density at radius 3 is 2.33 bits per heavy atom. The average molecular weight is 333 g/mol. The lowest BCUT2D eigenvalue weighted by Gasteiger charge is -2.12. The molecule has 0 radical (unpaired) electrons. The van der Waals surface area contributed by atoms with Crippen molar-refractivity contribution in [2.45, 2.75) is 6.42 Å². The predicted octanol–water partition coefficient (Wildman–Crippen LogP) is 2.75. The zero-order chi connectivity index (χ0) is 17.2. The smallest absolute Gasteiger partial charge is 0.191 e. The lowest BCUT2D eigenvalue weighted by Crippen LogP contribution is -2.40. The summed E-state index contributed by atoms with van der Waals surface area (Å²) in [6, 6.07) is 13.1. The van der Waals surface area contributed by atoms with E-state index in [9.17, 15) is 8.78 Å². The van der Waals surface area contributed by atoms with Gasteiger partial charge in [-0.05, 0) is 36.2 Å². The number of nitrogens with zero attached hydrogens (tertiary/aromatic N) is 1. The Morgan fingerprint density at radius 2 is 1.67 bits per heavy atom. The van der Waals surface area contributed by atoms with Crippen LogP contribution in [0, 0.1) is 11.6 Å². The highest BCUT2D eigenvalue weighted by Crippen LogP contribution is 2.08. The Kier molecular flexibility index (Phi) is 7.01. The third-order valence-corrected chi connectivity index (χ3v) is 3.26. The van der Waals surface area contributed by atoms with Gasteiger partial charge in [-0.2, -0.15) is 0 Å². The summed E-state index contributed by atoms with van der Waals surface area (Å²) < 4.78 is 31.8. The molecule has 2 rings (SSSR count). The van der Waals surface area contributed by atoms with E-state index in [2.05, 4.69) is 15.6 Å². The predicted molar refractivity (Wildman–Crippen MR) is 91.4 cm³/mol. The van der Waals surface area contributed by atoms with Crippen LogP contribution in [0.4, 0.5) is 8.78 Å². The van der Waals surface area contributed by atoms with Crippen molar-refractivity contribution >= 4 is 5.96 Å². The summed E-state index contributed by atoms with van der Waals surface area (Å²) in [6.45, 7) is 1.60. The standard InChI is InChI=1S/C18H21F2N3O/c1-21-18(23-9-10-24-17-5-3-2-4-6-17)22-8-7-14-11-15(19)13-16(20)12-14/h2-6,11-13H,7-10H2,1H3,(H2,21,22,23). The minimum absolute atomic E-state index is 0.496. The van der Waals surface area contributed by atoms with Gasteiger partial charge < -0.3 is 15.4 Å². The van der Waals surface area contributed by atoms with Crippen LogP contribution in [0.15, 0.2) is 53.5 Å². The maximum absolute atomic E-state index is 13.1. The number of halogens is 2. The monoisotopic (exact) mass is 333 g/mol. The van der Waals surface area contributed by atoms with Crippen LogP contribution in [0.2, 0.25) is 0 Å². The van der Waals surface area contributed by atoms with Gasteiger partial charge in [0.2, 0.25) is 0 Å². The summed E-state index contributed by atoms with van der Waals surface area (Å²) in [7, 11) is 1.66. The van der Waals surface area contributed by atoms with E-state index in [1.807, 2.05) is 30.3 Å². The molecule has 0 aromatic heterocycles. The molecular formula is C18H21F2N3O. The number of para-hydroxylation sites is 1. The van der Waals surface area contributed by atoms with Crippen LogP contribution < -0.4 is 15.4 Å². The molecule has 0 unspecified atom stereocenters. The van der Waals surface area contributed by atoms with Gasteiger partial charge in [-0.3, -0.25) is 4.99 Å².